The van der Waals surface area contributed by atoms with Crippen molar-refractivity contribution in [1.29, 1.82) is 0 Å². The summed E-state index contributed by atoms with van der Waals surface area (Å²) in [7, 11) is 1.68. The van der Waals surface area contributed by atoms with E-state index in [-0.39, 0.29) is 24.1 Å². The molecule has 0 heterocycles. The molecule has 2 amide bonds. The smallest absolute Gasteiger partial charge is 0.315 e. The van der Waals surface area contributed by atoms with E-state index >= 15 is 0 Å². The van der Waals surface area contributed by atoms with Crippen molar-refractivity contribution in [3.05, 3.63) is 29.3 Å². The first-order valence-corrected chi connectivity index (χ1v) is 8.28. The molecule has 5 nitrogen and oxygen atoms in total. The van der Waals surface area contributed by atoms with Crippen molar-refractivity contribution >= 4 is 6.03 Å². The molecule has 5 heteroatoms. The molecular weight excluding hydrogens is 292 g/mol. The predicted molar refractivity (Wildman–Crippen MR) is 90.7 cm³/mol. The molecular formula is C18H28N2O3. The van der Waals surface area contributed by atoms with Crippen molar-refractivity contribution in [2.24, 2.45) is 5.41 Å². The van der Waals surface area contributed by atoms with Crippen LogP contribution >= 0.6 is 0 Å². The predicted octanol–water partition coefficient (Wildman–Crippen LogP) is 2.78. The Labute approximate surface area is 138 Å². The van der Waals surface area contributed by atoms with Gasteiger partial charge < -0.3 is 20.5 Å². The maximum Gasteiger partial charge on any atom is 0.315 e. The summed E-state index contributed by atoms with van der Waals surface area (Å²) in [6.45, 7) is 4.83. The molecule has 0 aliphatic heterocycles. The summed E-state index contributed by atoms with van der Waals surface area (Å²) >= 11 is 0. The van der Waals surface area contributed by atoms with Gasteiger partial charge in [0.25, 0.3) is 0 Å². The summed E-state index contributed by atoms with van der Waals surface area (Å²) < 4.78 is 5.38. The van der Waals surface area contributed by atoms with Crippen LogP contribution in [0.5, 0.6) is 5.75 Å². The number of hydrogen-bond donors (Lipinski definition) is 3. The number of aliphatic hydroxyl groups is 1. The van der Waals surface area contributed by atoms with E-state index in [0.717, 1.165) is 37.0 Å². The van der Waals surface area contributed by atoms with Crippen LogP contribution in [0.4, 0.5) is 4.79 Å². The number of hydrogen-bond acceptors (Lipinski definition) is 3. The van der Waals surface area contributed by atoms with Crippen molar-refractivity contribution < 1.29 is 14.6 Å². The average molecular weight is 320 g/mol. The Morgan fingerprint density at radius 1 is 1.43 bits per heavy atom. The largest absolute Gasteiger partial charge is 0.496 e. The lowest BCUT2D eigenvalue weighted by molar-refractivity contribution is 0.148. The number of amides is 2. The summed E-state index contributed by atoms with van der Waals surface area (Å²) in [6, 6.07) is 5.90. The fourth-order valence-electron chi connectivity index (χ4n) is 3.02. The number of urea groups is 1. The van der Waals surface area contributed by atoms with E-state index in [1.54, 1.807) is 7.11 Å². The Morgan fingerprint density at radius 3 is 2.91 bits per heavy atom. The molecule has 1 aromatic carbocycles. The van der Waals surface area contributed by atoms with Gasteiger partial charge in [-0.25, -0.2) is 4.79 Å². The minimum Gasteiger partial charge on any atom is -0.496 e. The van der Waals surface area contributed by atoms with Crippen LogP contribution in [0.1, 0.15) is 50.3 Å². The van der Waals surface area contributed by atoms with Gasteiger partial charge in [0.15, 0.2) is 0 Å². The summed E-state index contributed by atoms with van der Waals surface area (Å²) in [5, 5.41) is 15.2. The van der Waals surface area contributed by atoms with Crippen molar-refractivity contribution in [2.45, 2.75) is 45.6 Å². The minimum absolute atomic E-state index is 0.0500. The number of aliphatic hydroxyl groups excluding tert-OH is 1. The molecule has 2 rings (SSSR count). The second-order valence-corrected chi connectivity index (χ2v) is 6.95. The molecule has 1 atom stereocenters. The molecule has 0 spiro atoms. The third kappa shape index (κ3) is 4.61. The minimum atomic E-state index is -0.132. The van der Waals surface area contributed by atoms with E-state index in [1.807, 2.05) is 26.0 Å². The zero-order valence-corrected chi connectivity index (χ0v) is 14.3. The number of nitrogens with one attached hydrogen (secondary N) is 2. The van der Waals surface area contributed by atoms with Crippen LogP contribution in [0.3, 0.4) is 0 Å². The van der Waals surface area contributed by atoms with E-state index < -0.39 is 0 Å². The van der Waals surface area contributed by atoms with Crippen LogP contribution < -0.4 is 15.4 Å². The molecule has 1 aliphatic carbocycles. The Kier molecular flexibility index (Phi) is 5.88. The van der Waals surface area contributed by atoms with Crippen LogP contribution in [0.15, 0.2) is 18.2 Å². The topological polar surface area (TPSA) is 70.6 Å². The van der Waals surface area contributed by atoms with E-state index in [2.05, 4.69) is 16.7 Å². The third-order valence-corrected chi connectivity index (χ3v) is 4.50. The number of fused-ring (bicyclic) bond motifs is 1. The Balaban J connectivity index is 1.80. The highest BCUT2D eigenvalue weighted by atomic mass is 16.5. The first-order chi connectivity index (χ1) is 11.0. The van der Waals surface area contributed by atoms with Gasteiger partial charge in [0.05, 0.1) is 13.2 Å². The lowest BCUT2D eigenvalue weighted by atomic mass is 9.89. The number of carbonyl (C=O) groups is 1. The standard InChI is InChI=1S/C18H28N2O3/c1-18(2,12-21)10-5-11-19-17(22)20-15-9-8-14-13(15)6-4-7-16(14)23-3/h4,6-7,15,21H,5,8-12H2,1-3H3,(H2,19,20,22). The molecule has 0 fully saturated rings. The quantitative estimate of drug-likeness (QED) is 0.677. The van der Waals surface area contributed by atoms with Gasteiger partial charge >= 0.3 is 6.03 Å². The monoisotopic (exact) mass is 320 g/mol. The fourth-order valence-corrected chi connectivity index (χ4v) is 3.02. The Morgan fingerprint density at radius 2 is 2.22 bits per heavy atom. The van der Waals surface area contributed by atoms with E-state index in [1.165, 1.54) is 5.56 Å². The van der Waals surface area contributed by atoms with Crippen LogP contribution in [0.25, 0.3) is 0 Å². The van der Waals surface area contributed by atoms with E-state index in [9.17, 15) is 9.90 Å². The second kappa shape index (κ2) is 7.68. The van der Waals surface area contributed by atoms with Gasteiger partial charge in [0.1, 0.15) is 5.75 Å². The van der Waals surface area contributed by atoms with Gasteiger partial charge in [-0.1, -0.05) is 26.0 Å². The average Bonchev–Trinajstić information content (AvgIpc) is 2.94. The maximum absolute atomic E-state index is 12.1. The molecule has 128 valence electrons. The Bertz CT molecular complexity index is 543. The zero-order valence-electron chi connectivity index (χ0n) is 14.3. The second-order valence-electron chi connectivity index (χ2n) is 6.95. The first kappa shape index (κ1) is 17.6. The highest BCUT2D eigenvalue weighted by Crippen LogP contribution is 2.36. The fraction of sp³-hybridized carbons (Fsp3) is 0.611. The SMILES string of the molecule is COc1cccc2c1CCC2NC(=O)NCCCC(C)(C)CO. The van der Waals surface area contributed by atoms with Gasteiger partial charge in [0, 0.05) is 13.2 Å². The molecule has 0 saturated carbocycles. The lowest BCUT2D eigenvalue weighted by Gasteiger charge is -2.21. The van der Waals surface area contributed by atoms with Crippen LogP contribution in [0.2, 0.25) is 0 Å². The molecule has 0 aromatic heterocycles. The zero-order chi connectivity index (χ0) is 16.9. The van der Waals surface area contributed by atoms with Crippen molar-refractivity contribution in [2.75, 3.05) is 20.3 Å². The van der Waals surface area contributed by atoms with E-state index in [4.69, 9.17) is 4.74 Å². The third-order valence-electron chi connectivity index (χ3n) is 4.50. The van der Waals surface area contributed by atoms with Crippen LogP contribution in [0, 0.1) is 5.41 Å². The normalized spacial score (nSPS) is 16.8. The highest BCUT2D eigenvalue weighted by molar-refractivity contribution is 5.74. The van der Waals surface area contributed by atoms with Crippen molar-refractivity contribution in [3.63, 3.8) is 0 Å². The molecule has 1 aromatic rings. The van der Waals surface area contributed by atoms with Crippen molar-refractivity contribution in [1.82, 2.24) is 10.6 Å². The van der Waals surface area contributed by atoms with Crippen LogP contribution in [-0.2, 0) is 6.42 Å². The number of methoxy groups -OCH3 is 1. The van der Waals surface area contributed by atoms with E-state index in [0.29, 0.717) is 6.54 Å². The number of benzene rings is 1. The van der Waals surface area contributed by atoms with Gasteiger partial charge in [-0.15, -0.1) is 0 Å². The molecule has 1 unspecified atom stereocenters. The molecule has 0 bridgehead atoms. The highest BCUT2D eigenvalue weighted by Gasteiger charge is 2.26. The molecule has 0 radical (unpaired) electrons. The first-order valence-electron chi connectivity index (χ1n) is 8.28. The number of ether oxygens (including phenoxy) is 1. The maximum atomic E-state index is 12.1. The lowest BCUT2D eigenvalue weighted by Crippen LogP contribution is -2.38. The van der Waals surface area contributed by atoms with Gasteiger partial charge in [-0.3, -0.25) is 0 Å². The summed E-state index contributed by atoms with van der Waals surface area (Å²) in [5.74, 6) is 0.901. The van der Waals surface area contributed by atoms with Gasteiger partial charge in [0.2, 0.25) is 0 Å². The summed E-state index contributed by atoms with van der Waals surface area (Å²) in [5.41, 5.74) is 2.27. The Hall–Kier alpha value is -1.75. The summed E-state index contributed by atoms with van der Waals surface area (Å²) in [4.78, 5) is 12.1. The molecule has 3 N–H and O–H groups in total. The molecule has 0 saturated heterocycles. The van der Waals surface area contributed by atoms with Gasteiger partial charge in [-0.2, -0.15) is 0 Å². The number of rotatable bonds is 7. The summed E-state index contributed by atoms with van der Waals surface area (Å²) in [6.07, 6.45) is 3.57. The van der Waals surface area contributed by atoms with Crippen molar-refractivity contribution in [3.8, 4) is 5.75 Å². The molecule has 1 aliphatic rings. The number of carbonyl (C=O) groups excluding carboxylic acids is 1. The van der Waals surface area contributed by atoms with Crippen LogP contribution in [-0.4, -0.2) is 31.4 Å². The van der Waals surface area contributed by atoms with Gasteiger partial charge in [-0.05, 0) is 48.3 Å². The molecule has 23 heavy (non-hydrogen) atoms.